The Kier molecular flexibility index (Phi) is 3.33. The summed E-state index contributed by atoms with van der Waals surface area (Å²) in [6, 6.07) is 16.7. The summed E-state index contributed by atoms with van der Waals surface area (Å²) in [5.41, 5.74) is 4.12. The van der Waals surface area contributed by atoms with Gasteiger partial charge in [-0.25, -0.2) is 4.39 Å². The zero-order valence-electron chi connectivity index (χ0n) is 11.2. The molecule has 0 fully saturated rings. The average Bonchev–Trinajstić information content (AvgIpc) is 2.46. The number of hydrogen-bond acceptors (Lipinski definition) is 2. The van der Waals surface area contributed by atoms with Crippen LogP contribution in [0.1, 0.15) is 11.3 Å². The number of aryl methyl sites for hydroxylation is 1. The van der Waals surface area contributed by atoms with Gasteiger partial charge >= 0.3 is 0 Å². The number of aromatic nitrogens is 1. The summed E-state index contributed by atoms with van der Waals surface area (Å²) in [5.74, 6) is -0.220. The normalized spacial score (nSPS) is 10.7. The van der Waals surface area contributed by atoms with Gasteiger partial charge < -0.3 is 5.32 Å². The topological polar surface area (TPSA) is 24.9 Å². The second-order valence-corrected chi connectivity index (χ2v) is 4.84. The van der Waals surface area contributed by atoms with Gasteiger partial charge in [0.05, 0.1) is 5.52 Å². The Labute approximate surface area is 117 Å². The highest BCUT2D eigenvalue weighted by Gasteiger charge is 1.99. The van der Waals surface area contributed by atoms with Crippen molar-refractivity contribution in [3.63, 3.8) is 0 Å². The van der Waals surface area contributed by atoms with E-state index in [9.17, 15) is 4.39 Å². The van der Waals surface area contributed by atoms with Crippen molar-refractivity contribution < 1.29 is 4.39 Å². The third-order valence-corrected chi connectivity index (χ3v) is 3.23. The SMILES string of the molecule is Cc1ccc2cc(CNc3ccc(F)cc3)ccc2n1. The van der Waals surface area contributed by atoms with Gasteiger partial charge in [0.15, 0.2) is 0 Å². The minimum absolute atomic E-state index is 0.220. The fourth-order valence-electron chi connectivity index (χ4n) is 2.16. The number of fused-ring (bicyclic) bond motifs is 1. The third-order valence-electron chi connectivity index (χ3n) is 3.23. The highest BCUT2D eigenvalue weighted by Crippen LogP contribution is 2.16. The molecule has 1 heterocycles. The van der Waals surface area contributed by atoms with Crippen LogP contribution >= 0.6 is 0 Å². The van der Waals surface area contributed by atoms with E-state index in [-0.39, 0.29) is 5.82 Å². The molecule has 3 rings (SSSR count). The van der Waals surface area contributed by atoms with Crippen molar-refractivity contribution in [2.24, 2.45) is 0 Å². The van der Waals surface area contributed by atoms with E-state index in [1.165, 1.54) is 17.7 Å². The monoisotopic (exact) mass is 266 g/mol. The second-order valence-electron chi connectivity index (χ2n) is 4.84. The molecule has 20 heavy (non-hydrogen) atoms. The molecule has 2 aromatic carbocycles. The van der Waals surface area contributed by atoms with Gasteiger partial charge in [0, 0.05) is 23.3 Å². The Balaban J connectivity index is 1.77. The van der Waals surface area contributed by atoms with Crippen LogP contribution in [0.5, 0.6) is 0 Å². The van der Waals surface area contributed by atoms with E-state index in [1.807, 2.05) is 19.1 Å². The fraction of sp³-hybridized carbons (Fsp3) is 0.118. The van der Waals surface area contributed by atoms with Gasteiger partial charge in [-0.1, -0.05) is 12.1 Å². The van der Waals surface area contributed by atoms with Gasteiger partial charge in [-0.2, -0.15) is 0 Å². The summed E-state index contributed by atoms with van der Waals surface area (Å²) in [6.07, 6.45) is 0. The van der Waals surface area contributed by atoms with E-state index < -0.39 is 0 Å². The lowest BCUT2D eigenvalue weighted by atomic mass is 10.1. The van der Waals surface area contributed by atoms with E-state index >= 15 is 0 Å². The van der Waals surface area contributed by atoms with Gasteiger partial charge in [0.25, 0.3) is 0 Å². The molecule has 0 saturated heterocycles. The summed E-state index contributed by atoms with van der Waals surface area (Å²) >= 11 is 0. The van der Waals surface area contributed by atoms with Crippen LogP contribution in [0.3, 0.4) is 0 Å². The van der Waals surface area contributed by atoms with Crippen LogP contribution in [0.25, 0.3) is 10.9 Å². The van der Waals surface area contributed by atoms with Gasteiger partial charge in [0.1, 0.15) is 5.82 Å². The van der Waals surface area contributed by atoms with Crippen LogP contribution in [-0.2, 0) is 6.54 Å². The van der Waals surface area contributed by atoms with E-state index in [2.05, 4.69) is 28.5 Å². The molecule has 0 bridgehead atoms. The van der Waals surface area contributed by atoms with E-state index in [1.54, 1.807) is 12.1 Å². The molecule has 0 aliphatic heterocycles. The zero-order chi connectivity index (χ0) is 13.9. The predicted molar refractivity (Wildman–Crippen MR) is 80.2 cm³/mol. The quantitative estimate of drug-likeness (QED) is 0.764. The van der Waals surface area contributed by atoms with Crippen molar-refractivity contribution in [1.29, 1.82) is 0 Å². The highest BCUT2D eigenvalue weighted by atomic mass is 19.1. The molecule has 0 atom stereocenters. The first kappa shape index (κ1) is 12.6. The number of rotatable bonds is 3. The van der Waals surface area contributed by atoms with E-state index in [0.717, 1.165) is 22.3 Å². The Morgan fingerprint density at radius 3 is 2.60 bits per heavy atom. The van der Waals surface area contributed by atoms with Crippen LogP contribution in [0.15, 0.2) is 54.6 Å². The van der Waals surface area contributed by atoms with Crippen LogP contribution in [0, 0.1) is 12.7 Å². The minimum atomic E-state index is -0.220. The van der Waals surface area contributed by atoms with Crippen LogP contribution < -0.4 is 5.32 Å². The Bertz CT molecular complexity index is 736. The first-order valence-electron chi connectivity index (χ1n) is 6.56. The fourth-order valence-corrected chi connectivity index (χ4v) is 2.16. The number of nitrogens with zero attached hydrogens (tertiary/aromatic N) is 1. The molecular weight excluding hydrogens is 251 g/mol. The van der Waals surface area contributed by atoms with Gasteiger partial charge in [0.2, 0.25) is 0 Å². The van der Waals surface area contributed by atoms with Crippen LogP contribution in [0.2, 0.25) is 0 Å². The van der Waals surface area contributed by atoms with Crippen LogP contribution in [-0.4, -0.2) is 4.98 Å². The van der Waals surface area contributed by atoms with Crippen molar-refractivity contribution in [2.45, 2.75) is 13.5 Å². The molecule has 1 aromatic heterocycles. The molecule has 100 valence electrons. The standard InChI is InChI=1S/C17H15FN2/c1-12-2-4-14-10-13(3-9-17(14)20-12)11-19-16-7-5-15(18)6-8-16/h2-10,19H,11H2,1H3. The number of halogens is 1. The Morgan fingerprint density at radius 1 is 1.00 bits per heavy atom. The maximum atomic E-state index is 12.8. The molecular formula is C17H15FN2. The number of hydrogen-bond donors (Lipinski definition) is 1. The molecule has 0 aliphatic rings. The third kappa shape index (κ3) is 2.77. The van der Waals surface area contributed by atoms with Crippen molar-refractivity contribution in [3.8, 4) is 0 Å². The lowest BCUT2D eigenvalue weighted by molar-refractivity contribution is 0.628. The van der Waals surface area contributed by atoms with Gasteiger partial charge in [-0.15, -0.1) is 0 Å². The van der Waals surface area contributed by atoms with Crippen molar-refractivity contribution >= 4 is 16.6 Å². The molecule has 2 nitrogen and oxygen atoms in total. The minimum Gasteiger partial charge on any atom is -0.381 e. The molecule has 0 radical (unpaired) electrons. The zero-order valence-corrected chi connectivity index (χ0v) is 11.2. The summed E-state index contributed by atoms with van der Waals surface area (Å²) in [5, 5.41) is 4.41. The molecule has 0 spiro atoms. The smallest absolute Gasteiger partial charge is 0.123 e. The second kappa shape index (κ2) is 5.29. The van der Waals surface area contributed by atoms with Gasteiger partial charge in [-0.3, -0.25) is 4.98 Å². The molecule has 0 unspecified atom stereocenters. The summed E-state index contributed by atoms with van der Waals surface area (Å²) in [7, 11) is 0. The summed E-state index contributed by atoms with van der Waals surface area (Å²) in [6.45, 7) is 2.69. The largest absolute Gasteiger partial charge is 0.381 e. The summed E-state index contributed by atoms with van der Waals surface area (Å²) < 4.78 is 12.8. The van der Waals surface area contributed by atoms with E-state index in [4.69, 9.17) is 0 Å². The number of anilines is 1. The summed E-state index contributed by atoms with van der Waals surface area (Å²) in [4.78, 5) is 4.48. The number of pyridine rings is 1. The number of benzene rings is 2. The molecule has 0 saturated carbocycles. The lowest BCUT2D eigenvalue weighted by Crippen LogP contribution is -1.99. The van der Waals surface area contributed by atoms with E-state index in [0.29, 0.717) is 6.54 Å². The van der Waals surface area contributed by atoms with Crippen LogP contribution in [0.4, 0.5) is 10.1 Å². The first-order valence-corrected chi connectivity index (χ1v) is 6.56. The molecule has 0 amide bonds. The molecule has 3 aromatic rings. The maximum absolute atomic E-state index is 12.8. The molecule has 3 heteroatoms. The Hall–Kier alpha value is -2.42. The predicted octanol–water partition coefficient (Wildman–Crippen LogP) is 4.29. The lowest BCUT2D eigenvalue weighted by Gasteiger charge is -2.07. The van der Waals surface area contributed by atoms with Crippen molar-refractivity contribution in [2.75, 3.05) is 5.32 Å². The van der Waals surface area contributed by atoms with Crippen molar-refractivity contribution in [3.05, 3.63) is 71.7 Å². The first-order chi connectivity index (χ1) is 9.70. The average molecular weight is 266 g/mol. The molecule has 0 aliphatic carbocycles. The highest BCUT2D eigenvalue weighted by molar-refractivity contribution is 5.79. The maximum Gasteiger partial charge on any atom is 0.123 e. The molecule has 1 N–H and O–H groups in total. The Morgan fingerprint density at radius 2 is 1.80 bits per heavy atom. The number of nitrogens with one attached hydrogen (secondary N) is 1. The van der Waals surface area contributed by atoms with Gasteiger partial charge in [-0.05, 0) is 55.0 Å². The van der Waals surface area contributed by atoms with Crippen molar-refractivity contribution in [1.82, 2.24) is 4.98 Å².